The average molecular weight is 486 g/mol. The Morgan fingerprint density at radius 2 is 2.03 bits per heavy atom. The molecule has 3 heterocycles. The van der Waals surface area contributed by atoms with E-state index in [1.807, 2.05) is 30.3 Å². The molecule has 0 saturated carbocycles. The number of nitrogens with zero attached hydrogens (tertiary/aromatic N) is 3. The molecular formula is C27H27N5O4. The summed E-state index contributed by atoms with van der Waals surface area (Å²) in [6, 6.07) is 11.1. The lowest BCUT2D eigenvalue weighted by molar-refractivity contribution is -0.116. The van der Waals surface area contributed by atoms with Crippen LogP contribution in [0.15, 0.2) is 54.9 Å². The summed E-state index contributed by atoms with van der Waals surface area (Å²) in [5, 5.41) is 6.92. The topological polar surface area (TPSA) is 97.8 Å². The molecule has 184 valence electrons. The molecule has 2 fully saturated rings. The Balaban J connectivity index is 1.30. The molecule has 0 bridgehead atoms. The Kier molecular flexibility index (Phi) is 7.09. The maximum absolute atomic E-state index is 12.7. The predicted octanol–water partition coefficient (Wildman–Crippen LogP) is 2.96. The first-order valence-corrected chi connectivity index (χ1v) is 11.7. The lowest BCUT2D eigenvalue weighted by atomic mass is 10.1. The number of nitrogens with one attached hydrogen (secondary N) is 2. The first-order valence-electron chi connectivity index (χ1n) is 11.7. The van der Waals surface area contributed by atoms with Crippen LogP contribution in [-0.4, -0.2) is 72.9 Å². The SMILES string of the molecule is C#Cc1cccc(Nc2ncnc3cc(OC)c(NC(=O)C=CCN4CC5OCCOC5C4)cc23)c1. The van der Waals surface area contributed by atoms with E-state index in [2.05, 4.69) is 31.4 Å². The van der Waals surface area contributed by atoms with Crippen LogP contribution in [0.2, 0.25) is 0 Å². The third-order valence-corrected chi connectivity index (χ3v) is 6.18. The van der Waals surface area contributed by atoms with E-state index in [1.165, 1.54) is 12.4 Å². The van der Waals surface area contributed by atoms with Gasteiger partial charge in [0.05, 0.1) is 43.7 Å². The van der Waals surface area contributed by atoms with Crippen molar-refractivity contribution in [2.75, 3.05) is 50.6 Å². The highest BCUT2D eigenvalue weighted by Gasteiger charge is 2.35. The van der Waals surface area contributed by atoms with Crippen molar-refractivity contribution in [3.8, 4) is 18.1 Å². The number of amides is 1. The van der Waals surface area contributed by atoms with Crippen molar-refractivity contribution < 1.29 is 19.0 Å². The molecule has 0 aliphatic carbocycles. The summed E-state index contributed by atoms with van der Waals surface area (Å²) in [6.07, 6.45) is 10.6. The summed E-state index contributed by atoms with van der Waals surface area (Å²) < 4.78 is 17.0. The fourth-order valence-electron chi connectivity index (χ4n) is 4.44. The van der Waals surface area contributed by atoms with Gasteiger partial charge in [-0.05, 0) is 24.3 Å². The summed E-state index contributed by atoms with van der Waals surface area (Å²) in [6.45, 7) is 3.52. The van der Waals surface area contributed by atoms with E-state index in [0.717, 1.165) is 29.7 Å². The Morgan fingerprint density at radius 3 is 2.78 bits per heavy atom. The van der Waals surface area contributed by atoms with Gasteiger partial charge in [-0.25, -0.2) is 9.97 Å². The van der Waals surface area contributed by atoms with Gasteiger partial charge < -0.3 is 24.8 Å². The van der Waals surface area contributed by atoms with Gasteiger partial charge in [-0.15, -0.1) is 6.42 Å². The summed E-state index contributed by atoms with van der Waals surface area (Å²) in [5.74, 6) is 3.45. The van der Waals surface area contributed by atoms with Crippen LogP contribution >= 0.6 is 0 Å². The fraction of sp³-hybridized carbons (Fsp3) is 0.296. The van der Waals surface area contributed by atoms with Gasteiger partial charge in [-0.1, -0.05) is 18.1 Å². The van der Waals surface area contributed by atoms with Crippen molar-refractivity contribution in [2.24, 2.45) is 0 Å². The van der Waals surface area contributed by atoms with Gasteiger partial charge in [-0.2, -0.15) is 0 Å². The molecular weight excluding hydrogens is 458 g/mol. The molecule has 2 atom stereocenters. The van der Waals surface area contributed by atoms with Gasteiger partial charge >= 0.3 is 0 Å². The standard InChI is InChI=1S/C27H27N5O4/c1-3-18-6-4-7-19(12-18)30-27-20-13-22(23(34-2)14-21(20)28-17-29-27)31-26(33)8-5-9-32-15-24-25(16-32)36-11-10-35-24/h1,4-8,12-14,17,24-25H,9-11,15-16H2,2H3,(H,31,33)(H,28,29,30). The lowest BCUT2D eigenvalue weighted by Gasteiger charge is -2.24. The Bertz CT molecular complexity index is 1320. The van der Waals surface area contributed by atoms with Crippen LogP contribution in [0.3, 0.4) is 0 Å². The van der Waals surface area contributed by atoms with Crippen molar-refractivity contribution in [3.63, 3.8) is 0 Å². The maximum atomic E-state index is 12.7. The zero-order valence-corrected chi connectivity index (χ0v) is 19.9. The highest BCUT2D eigenvalue weighted by atomic mass is 16.6. The zero-order chi connectivity index (χ0) is 24.9. The Labute approximate surface area is 209 Å². The number of methoxy groups -OCH3 is 1. The fourth-order valence-corrected chi connectivity index (χ4v) is 4.44. The molecule has 36 heavy (non-hydrogen) atoms. The third kappa shape index (κ3) is 5.31. The highest BCUT2D eigenvalue weighted by molar-refractivity contribution is 6.03. The van der Waals surface area contributed by atoms with Crippen LogP contribution in [-0.2, 0) is 14.3 Å². The summed E-state index contributed by atoms with van der Waals surface area (Å²) in [5.41, 5.74) is 2.75. The number of carbonyl (C=O) groups excluding carboxylic acids is 1. The van der Waals surface area contributed by atoms with Crippen molar-refractivity contribution in [3.05, 3.63) is 60.4 Å². The number of ether oxygens (including phenoxy) is 3. The van der Waals surface area contributed by atoms with E-state index >= 15 is 0 Å². The minimum absolute atomic E-state index is 0.113. The monoisotopic (exact) mass is 485 g/mol. The van der Waals surface area contributed by atoms with Crippen LogP contribution in [0, 0.1) is 12.3 Å². The number of terminal acetylenes is 1. The van der Waals surface area contributed by atoms with E-state index in [1.54, 1.807) is 19.2 Å². The van der Waals surface area contributed by atoms with E-state index in [4.69, 9.17) is 20.6 Å². The molecule has 0 spiro atoms. The van der Waals surface area contributed by atoms with Crippen LogP contribution in [0.1, 0.15) is 5.56 Å². The second-order valence-corrected chi connectivity index (χ2v) is 8.57. The molecule has 2 aliphatic rings. The van der Waals surface area contributed by atoms with E-state index < -0.39 is 0 Å². The molecule has 0 radical (unpaired) electrons. The lowest BCUT2D eigenvalue weighted by Crippen LogP contribution is -2.36. The van der Waals surface area contributed by atoms with E-state index in [9.17, 15) is 4.79 Å². The minimum atomic E-state index is -0.259. The number of carbonyl (C=O) groups is 1. The first kappa shape index (κ1) is 23.8. The molecule has 5 rings (SSSR count). The van der Waals surface area contributed by atoms with Gasteiger partial charge in [0.15, 0.2) is 0 Å². The molecule has 2 aliphatic heterocycles. The maximum Gasteiger partial charge on any atom is 0.248 e. The summed E-state index contributed by atoms with van der Waals surface area (Å²) >= 11 is 0. The van der Waals surface area contributed by atoms with Gasteiger partial charge in [-0.3, -0.25) is 9.69 Å². The number of hydrogen-bond acceptors (Lipinski definition) is 8. The molecule has 3 aromatic rings. The second-order valence-electron chi connectivity index (χ2n) is 8.57. The van der Waals surface area contributed by atoms with Crippen molar-refractivity contribution in [1.29, 1.82) is 0 Å². The molecule has 2 unspecified atom stereocenters. The van der Waals surface area contributed by atoms with E-state index in [-0.39, 0.29) is 18.1 Å². The van der Waals surface area contributed by atoms with Crippen molar-refractivity contribution in [2.45, 2.75) is 12.2 Å². The molecule has 9 nitrogen and oxygen atoms in total. The van der Waals surface area contributed by atoms with Crippen molar-refractivity contribution >= 4 is 34.0 Å². The second kappa shape index (κ2) is 10.7. The number of likely N-dealkylation sites (tertiary alicyclic amines) is 1. The minimum Gasteiger partial charge on any atom is -0.494 e. The van der Waals surface area contributed by atoms with Gasteiger partial charge in [0.2, 0.25) is 5.91 Å². The molecule has 2 aromatic carbocycles. The third-order valence-electron chi connectivity index (χ3n) is 6.18. The average Bonchev–Trinajstić information content (AvgIpc) is 3.31. The molecule has 2 saturated heterocycles. The van der Waals surface area contributed by atoms with E-state index in [0.29, 0.717) is 42.5 Å². The van der Waals surface area contributed by atoms with Gasteiger partial charge in [0, 0.05) is 48.4 Å². The van der Waals surface area contributed by atoms with Crippen LogP contribution < -0.4 is 15.4 Å². The van der Waals surface area contributed by atoms with Gasteiger partial charge in [0.1, 0.15) is 17.9 Å². The number of aromatic nitrogens is 2. The Morgan fingerprint density at radius 1 is 1.22 bits per heavy atom. The van der Waals surface area contributed by atoms with Crippen LogP contribution in [0.4, 0.5) is 17.2 Å². The molecule has 1 aromatic heterocycles. The zero-order valence-electron chi connectivity index (χ0n) is 19.9. The largest absolute Gasteiger partial charge is 0.494 e. The molecule has 9 heteroatoms. The van der Waals surface area contributed by atoms with Gasteiger partial charge in [0.25, 0.3) is 0 Å². The van der Waals surface area contributed by atoms with Crippen molar-refractivity contribution in [1.82, 2.24) is 14.9 Å². The number of benzene rings is 2. The van der Waals surface area contributed by atoms with Crippen LogP contribution in [0.25, 0.3) is 10.9 Å². The smallest absolute Gasteiger partial charge is 0.248 e. The molecule has 1 amide bonds. The number of fused-ring (bicyclic) bond motifs is 2. The normalized spacial score (nSPS) is 19.7. The predicted molar refractivity (Wildman–Crippen MR) is 137 cm³/mol. The number of hydrogen-bond donors (Lipinski definition) is 2. The highest BCUT2D eigenvalue weighted by Crippen LogP contribution is 2.33. The molecule has 2 N–H and O–H groups in total. The Hall–Kier alpha value is -3.97. The van der Waals surface area contributed by atoms with Crippen LogP contribution in [0.5, 0.6) is 5.75 Å². The number of anilines is 3. The summed E-state index contributed by atoms with van der Waals surface area (Å²) in [4.78, 5) is 23.7. The quantitative estimate of drug-likeness (QED) is 0.390. The summed E-state index contributed by atoms with van der Waals surface area (Å²) in [7, 11) is 1.55. The first-order chi connectivity index (χ1) is 17.6. The number of rotatable bonds is 7.